The Morgan fingerprint density at radius 3 is 1.79 bits per heavy atom. The smallest absolute Gasteiger partial charge is 0.0520 e. The summed E-state index contributed by atoms with van der Waals surface area (Å²) >= 11 is 0. The van der Waals surface area contributed by atoms with Gasteiger partial charge in [-0.2, -0.15) is 0 Å². The van der Waals surface area contributed by atoms with Crippen LogP contribution >= 0.6 is 0 Å². The van der Waals surface area contributed by atoms with Gasteiger partial charge in [0.05, 0.1) is 12.7 Å². The highest BCUT2D eigenvalue weighted by molar-refractivity contribution is 4.72. The molecule has 0 atom stereocenters. The van der Waals surface area contributed by atoms with Crippen molar-refractivity contribution < 1.29 is 4.74 Å². The van der Waals surface area contributed by atoms with Gasteiger partial charge in [0.1, 0.15) is 0 Å². The molecule has 0 aromatic heterocycles. The van der Waals surface area contributed by atoms with Crippen LogP contribution in [0.4, 0.5) is 0 Å². The van der Waals surface area contributed by atoms with Crippen LogP contribution in [0.5, 0.6) is 0 Å². The summed E-state index contributed by atoms with van der Waals surface area (Å²) in [6, 6.07) is 0. The lowest BCUT2D eigenvalue weighted by atomic mass is 9.80. The minimum absolute atomic E-state index is 0.317. The molecule has 0 aliphatic carbocycles. The molecule has 0 fully saturated rings. The molecule has 0 spiro atoms. The third-order valence-corrected chi connectivity index (χ3v) is 2.36. The van der Waals surface area contributed by atoms with Crippen molar-refractivity contribution in [2.75, 3.05) is 6.61 Å². The van der Waals surface area contributed by atoms with Gasteiger partial charge in [-0.05, 0) is 37.5 Å². The van der Waals surface area contributed by atoms with Crippen LogP contribution in [0.2, 0.25) is 0 Å². The Balaban J connectivity index is 3.83. The van der Waals surface area contributed by atoms with Gasteiger partial charge in [0.2, 0.25) is 0 Å². The van der Waals surface area contributed by atoms with E-state index >= 15 is 0 Å². The van der Waals surface area contributed by atoms with E-state index < -0.39 is 0 Å². The van der Waals surface area contributed by atoms with Crippen LogP contribution < -0.4 is 0 Å². The first kappa shape index (κ1) is 14.0. The van der Waals surface area contributed by atoms with E-state index in [0.717, 1.165) is 6.61 Å². The fraction of sp³-hybridized carbons (Fsp3) is 1.00. The summed E-state index contributed by atoms with van der Waals surface area (Å²) in [5.41, 5.74) is 0.757. The lowest BCUT2D eigenvalue weighted by Gasteiger charge is -2.29. The predicted molar refractivity (Wildman–Crippen MR) is 63.6 cm³/mol. The number of hydrogen-bond donors (Lipinski definition) is 0. The van der Waals surface area contributed by atoms with Crippen molar-refractivity contribution in [1.29, 1.82) is 0 Å². The van der Waals surface area contributed by atoms with Gasteiger partial charge >= 0.3 is 0 Å². The van der Waals surface area contributed by atoms with E-state index in [2.05, 4.69) is 48.5 Å². The molecule has 86 valence electrons. The molecule has 0 aromatic carbocycles. The van der Waals surface area contributed by atoms with E-state index in [1.54, 1.807) is 0 Å². The average molecular weight is 200 g/mol. The molecule has 14 heavy (non-hydrogen) atoms. The maximum atomic E-state index is 5.67. The maximum Gasteiger partial charge on any atom is 0.0520 e. The summed E-state index contributed by atoms with van der Waals surface area (Å²) in [4.78, 5) is 0. The first-order valence-corrected chi connectivity index (χ1v) is 5.74. The first-order valence-electron chi connectivity index (χ1n) is 5.74. The van der Waals surface area contributed by atoms with Gasteiger partial charge in [0.25, 0.3) is 0 Å². The Labute approximate surface area is 90.2 Å². The maximum absolute atomic E-state index is 5.67. The molecular weight excluding hydrogens is 172 g/mol. The van der Waals surface area contributed by atoms with Crippen LogP contribution in [-0.2, 0) is 4.74 Å². The molecule has 0 aliphatic heterocycles. The Morgan fingerprint density at radius 2 is 1.43 bits per heavy atom. The van der Waals surface area contributed by atoms with Gasteiger partial charge in [-0.3, -0.25) is 0 Å². The Bertz CT molecular complexity index is 151. The van der Waals surface area contributed by atoms with Crippen LogP contribution in [-0.4, -0.2) is 12.7 Å². The highest BCUT2D eigenvalue weighted by atomic mass is 16.5. The van der Waals surface area contributed by atoms with Crippen LogP contribution in [0.15, 0.2) is 0 Å². The fourth-order valence-corrected chi connectivity index (χ4v) is 1.18. The van der Waals surface area contributed by atoms with E-state index in [1.807, 2.05) is 0 Å². The molecule has 0 amide bonds. The van der Waals surface area contributed by atoms with Crippen LogP contribution in [0, 0.1) is 10.8 Å². The molecule has 0 saturated carbocycles. The third kappa shape index (κ3) is 8.55. The molecule has 0 bridgehead atoms. The fourth-order valence-electron chi connectivity index (χ4n) is 1.18. The first-order chi connectivity index (χ1) is 6.12. The van der Waals surface area contributed by atoms with Crippen molar-refractivity contribution in [1.82, 2.24) is 0 Å². The molecule has 0 radical (unpaired) electrons. The van der Waals surface area contributed by atoms with Crippen LogP contribution in [0.25, 0.3) is 0 Å². The Hall–Kier alpha value is -0.0400. The van der Waals surface area contributed by atoms with Crippen molar-refractivity contribution >= 4 is 0 Å². The van der Waals surface area contributed by atoms with Crippen molar-refractivity contribution in [3.8, 4) is 0 Å². The summed E-state index contributed by atoms with van der Waals surface area (Å²) in [5.74, 6) is 0. The van der Waals surface area contributed by atoms with Crippen molar-refractivity contribution in [2.45, 2.75) is 67.4 Å². The molecule has 0 aromatic rings. The standard InChI is InChI=1S/C13H28O/c1-11(2)14-10-13(6,7)9-8-12(3,4)5/h11H,8-10H2,1-7H3. The normalized spacial score (nSPS) is 13.7. The molecule has 0 heterocycles. The minimum Gasteiger partial charge on any atom is -0.378 e. The van der Waals surface area contributed by atoms with Gasteiger partial charge in [0, 0.05) is 0 Å². The quantitative estimate of drug-likeness (QED) is 0.644. The number of hydrogen-bond acceptors (Lipinski definition) is 1. The summed E-state index contributed by atoms with van der Waals surface area (Å²) < 4.78 is 5.67. The van der Waals surface area contributed by atoms with Gasteiger partial charge in [-0.1, -0.05) is 34.6 Å². The average Bonchev–Trinajstić information content (AvgIpc) is 1.97. The summed E-state index contributed by atoms with van der Waals surface area (Å²) in [6.45, 7) is 16.5. The highest BCUT2D eigenvalue weighted by Gasteiger charge is 2.22. The molecule has 0 rings (SSSR count). The van der Waals surface area contributed by atoms with Crippen LogP contribution in [0.1, 0.15) is 61.3 Å². The molecule has 1 nitrogen and oxygen atoms in total. The second-order valence-electron chi connectivity index (χ2n) is 6.58. The molecule has 0 aliphatic rings. The second kappa shape index (κ2) is 5.16. The molecule has 0 unspecified atom stereocenters. The van der Waals surface area contributed by atoms with Crippen molar-refractivity contribution in [3.05, 3.63) is 0 Å². The zero-order valence-electron chi connectivity index (χ0n) is 11.1. The topological polar surface area (TPSA) is 9.23 Å². The van der Waals surface area contributed by atoms with Gasteiger partial charge in [-0.25, -0.2) is 0 Å². The largest absolute Gasteiger partial charge is 0.378 e. The Kier molecular flexibility index (Phi) is 5.14. The minimum atomic E-state index is 0.317. The SMILES string of the molecule is CC(C)OCC(C)(C)CCC(C)(C)C. The monoisotopic (exact) mass is 200 g/mol. The van der Waals surface area contributed by atoms with E-state index in [1.165, 1.54) is 12.8 Å². The molecule has 0 saturated heterocycles. The van der Waals surface area contributed by atoms with E-state index in [9.17, 15) is 0 Å². The highest BCUT2D eigenvalue weighted by Crippen LogP contribution is 2.30. The van der Waals surface area contributed by atoms with Gasteiger partial charge in [0.15, 0.2) is 0 Å². The number of ether oxygens (including phenoxy) is 1. The van der Waals surface area contributed by atoms with Crippen molar-refractivity contribution in [3.63, 3.8) is 0 Å². The lowest BCUT2D eigenvalue weighted by molar-refractivity contribution is 0.0142. The predicted octanol–water partition coefficient (Wildman–Crippen LogP) is 4.26. The zero-order chi connectivity index (χ0) is 11.4. The van der Waals surface area contributed by atoms with E-state index in [0.29, 0.717) is 16.9 Å². The van der Waals surface area contributed by atoms with E-state index in [-0.39, 0.29) is 0 Å². The van der Waals surface area contributed by atoms with Crippen molar-refractivity contribution in [2.24, 2.45) is 10.8 Å². The van der Waals surface area contributed by atoms with Gasteiger partial charge in [-0.15, -0.1) is 0 Å². The lowest BCUT2D eigenvalue weighted by Crippen LogP contribution is -2.23. The van der Waals surface area contributed by atoms with Gasteiger partial charge < -0.3 is 4.74 Å². The van der Waals surface area contributed by atoms with Crippen LogP contribution in [0.3, 0.4) is 0 Å². The molecule has 1 heteroatoms. The zero-order valence-corrected chi connectivity index (χ0v) is 11.1. The molecule has 0 N–H and O–H groups in total. The summed E-state index contributed by atoms with van der Waals surface area (Å²) in [7, 11) is 0. The third-order valence-electron chi connectivity index (χ3n) is 2.36. The number of rotatable bonds is 5. The molecular formula is C13H28O. The second-order valence-corrected chi connectivity index (χ2v) is 6.58. The summed E-state index contributed by atoms with van der Waals surface area (Å²) in [5, 5.41) is 0. The van der Waals surface area contributed by atoms with E-state index in [4.69, 9.17) is 4.74 Å². The summed E-state index contributed by atoms with van der Waals surface area (Å²) in [6.07, 6.45) is 2.86. The Morgan fingerprint density at radius 1 is 0.929 bits per heavy atom.